The van der Waals surface area contributed by atoms with Gasteiger partial charge in [0.1, 0.15) is 0 Å². The molecule has 6 heteroatoms. The molecule has 2 aromatic rings. The van der Waals surface area contributed by atoms with Gasteiger partial charge in [-0.1, -0.05) is 12.1 Å². The third-order valence-electron chi connectivity index (χ3n) is 4.74. The number of anilines is 1. The van der Waals surface area contributed by atoms with Gasteiger partial charge in [0.05, 0.1) is 0 Å². The fourth-order valence-corrected chi connectivity index (χ4v) is 3.12. The van der Waals surface area contributed by atoms with E-state index in [0.717, 1.165) is 16.8 Å². The van der Waals surface area contributed by atoms with Crippen molar-refractivity contribution in [3.63, 3.8) is 0 Å². The zero-order chi connectivity index (χ0) is 18.5. The maximum Gasteiger partial charge on any atom is 0.254 e. The predicted molar refractivity (Wildman–Crippen MR) is 101 cm³/mol. The maximum atomic E-state index is 13.1. The first-order valence-electron chi connectivity index (χ1n) is 8.86. The molecular weight excluding hydrogens is 328 g/mol. The van der Waals surface area contributed by atoms with Crippen LogP contribution in [0.15, 0.2) is 42.7 Å². The number of amides is 2. The molecule has 1 aromatic heterocycles. The number of aromatic nitrogens is 1. The second kappa shape index (κ2) is 7.99. The fourth-order valence-electron chi connectivity index (χ4n) is 3.12. The van der Waals surface area contributed by atoms with Gasteiger partial charge in [-0.3, -0.25) is 14.6 Å². The van der Waals surface area contributed by atoms with E-state index in [0.29, 0.717) is 31.6 Å². The van der Waals surface area contributed by atoms with Crippen LogP contribution in [0.2, 0.25) is 0 Å². The molecule has 0 radical (unpaired) electrons. The van der Waals surface area contributed by atoms with Gasteiger partial charge < -0.3 is 15.5 Å². The van der Waals surface area contributed by atoms with E-state index < -0.39 is 0 Å². The number of carbonyl (C=O) groups excluding carboxylic acids is 2. The van der Waals surface area contributed by atoms with E-state index in [4.69, 9.17) is 0 Å². The second-order valence-electron chi connectivity index (χ2n) is 6.59. The molecule has 1 atom stereocenters. The molecule has 2 amide bonds. The van der Waals surface area contributed by atoms with Crippen molar-refractivity contribution in [1.29, 1.82) is 0 Å². The third-order valence-corrected chi connectivity index (χ3v) is 4.74. The van der Waals surface area contributed by atoms with Crippen LogP contribution in [0.4, 0.5) is 5.69 Å². The van der Waals surface area contributed by atoms with Gasteiger partial charge in [0, 0.05) is 55.7 Å². The molecule has 1 aliphatic rings. The Labute approximate surface area is 153 Å². The first-order chi connectivity index (χ1) is 12.6. The Bertz CT molecular complexity index is 792. The molecule has 0 saturated carbocycles. The van der Waals surface area contributed by atoms with Crippen molar-refractivity contribution in [3.8, 4) is 0 Å². The minimum Gasteiger partial charge on any atom is -0.381 e. The van der Waals surface area contributed by atoms with Crippen LogP contribution in [0.1, 0.15) is 34.8 Å². The molecule has 6 nitrogen and oxygen atoms in total. The minimum atomic E-state index is -0.0310. The lowest BCUT2D eigenvalue weighted by molar-refractivity contribution is -0.120. The highest BCUT2D eigenvalue weighted by Gasteiger charge is 2.26. The monoisotopic (exact) mass is 352 g/mol. The molecule has 0 aliphatic carbocycles. The highest BCUT2D eigenvalue weighted by atomic mass is 16.2. The lowest BCUT2D eigenvalue weighted by Gasteiger charge is -2.27. The summed E-state index contributed by atoms with van der Waals surface area (Å²) < 4.78 is 0. The Morgan fingerprint density at radius 3 is 2.96 bits per heavy atom. The Morgan fingerprint density at radius 2 is 2.19 bits per heavy atom. The van der Waals surface area contributed by atoms with E-state index in [1.807, 2.05) is 50.4 Å². The van der Waals surface area contributed by atoms with Gasteiger partial charge in [-0.2, -0.15) is 0 Å². The van der Waals surface area contributed by atoms with Crippen molar-refractivity contribution in [2.45, 2.75) is 32.9 Å². The molecule has 2 N–H and O–H groups in total. The zero-order valence-corrected chi connectivity index (χ0v) is 15.2. The van der Waals surface area contributed by atoms with Crippen molar-refractivity contribution >= 4 is 17.5 Å². The highest BCUT2D eigenvalue weighted by Crippen LogP contribution is 2.22. The third kappa shape index (κ3) is 4.02. The van der Waals surface area contributed by atoms with E-state index >= 15 is 0 Å². The Balaban J connectivity index is 1.77. The van der Waals surface area contributed by atoms with E-state index in [2.05, 4.69) is 15.6 Å². The normalized spacial score (nSPS) is 17.4. The van der Waals surface area contributed by atoms with Crippen molar-refractivity contribution < 1.29 is 9.59 Å². The van der Waals surface area contributed by atoms with Crippen LogP contribution in [-0.4, -0.2) is 40.8 Å². The zero-order valence-electron chi connectivity index (χ0n) is 15.2. The predicted octanol–water partition coefficient (Wildman–Crippen LogP) is 2.35. The lowest BCUT2D eigenvalue weighted by atomic mass is 10.0. The Kier molecular flexibility index (Phi) is 5.51. The van der Waals surface area contributed by atoms with E-state index in [9.17, 15) is 9.59 Å². The second-order valence-corrected chi connectivity index (χ2v) is 6.59. The summed E-state index contributed by atoms with van der Waals surface area (Å²) in [5, 5.41) is 6.22. The lowest BCUT2D eigenvalue weighted by Crippen LogP contribution is -2.42. The van der Waals surface area contributed by atoms with Crippen molar-refractivity contribution in [1.82, 2.24) is 15.2 Å². The first kappa shape index (κ1) is 17.9. The van der Waals surface area contributed by atoms with Gasteiger partial charge in [-0.25, -0.2) is 0 Å². The van der Waals surface area contributed by atoms with Gasteiger partial charge >= 0.3 is 0 Å². The molecule has 26 heavy (non-hydrogen) atoms. The topological polar surface area (TPSA) is 74.3 Å². The van der Waals surface area contributed by atoms with Gasteiger partial charge in [0.25, 0.3) is 5.91 Å². The maximum absolute atomic E-state index is 13.1. The highest BCUT2D eigenvalue weighted by molar-refractivity contribution is 5.97. The van der Waals surface area contributed by atoms with Crippen LogP contribution >= 0.6 is 0 Å². The van der Waals surface area contributed by atoms with Crippen molar-refractivity contribution in [2.24, 2.45) is 0 Å². The summed E-state index contributed by atoms with van der Waals surface area (Å²) in [4.78, 5) is 30.6. The number of hydrogen-bond donors (Lipinski definition) is 2. The van der Waals surface area contributed by atoms with E-state index in [1.54, 1.807) is 11.1 Å². The summed E-state index contributed by atoms with van der Waals surface area (Å²) in [7, 11) is 0. The van der Waals surface area contributed by atoms with Crippen LogP contribution < -0.4 is 10.6 Å². The SMILES string of the molecule is Cc1c(NCc2cccnc2)cccc1C(=O)N1CCC(=O)NC[C@@H]1C. The number of nitrogens with zero attached hydrogens (tertiary/aromatic N) is 2. The van der Waals surface area contributed by atoms with Crippen molar-refractivity contribution in [2.75, 3.05) is 18.4 Å². The molecule has 136 valence electrons. The van der Waals surface area contributed by atoms with Crippen LogP contribution in [0, 0.1) is 6.92 Å². The van der Waals surface area contributed by atoms with E-state index in [-0.39, 0.29) is 17.9 Å². The fraction of sp³-hybridized carbons (Fsp3) is 0.350. The van der Waals surface area contributed by atoms with Crippen LogP contribution in [0.3, 0.4) is 0 Å². The number of carbonyl (C=O) groups is 2. The van der Waals surface area contributed by atoms with Gasteiger partial charge in [0.2, 0.25) is 5.91 Å². The Hall–Kier alpha value is -2.89. The number of hydrogen-bond acceptors (Lipinski definition) is 4. The van der Waals surface area contributed by atoms with E-state index in [1.165, 1.54) is 0 Å². The summed E-state index contributed by atoms with van der Waals surface area (Å²) >= 11 is 0. The molecule has 0 unspecified atom stereocenters. The number of nitrogens with one attached hydrogen (secondary N) is 2. The average molecular weight is 352 g/mol. The standard InChI is InChI=1S/C20H24N4O2/c1-14-11-23-19(25)8-10-24(14)20(26)17-6-3-7-18(15(17)2)22-13-16-5-4-9-21-12-16/h3-7,9,12,14,22H,8,10-11,13H2,1-2H3,(H,23,25)/t14-/m0/s1. The summed E-state index contributed by atoms with van der Waals surface area (Å²) in [6.45, 7) is 5.49. The number of rotatable bonds is 4. The van der Waals surface area contributed by atoms with Crippen LogP contribution in [0.5, 0.6) is 0 Å². The number of benzene rings is 1. The molecule has 1 aromatic carbocycles. The quantitative estimate of drug-likeness (QED) is 0.886. The summed E-state index contributed by atoms with van der Waals surface area (Å²) in [5.41, 5.74) is 3.59. The molecule has 1 fully saturated rings. The molecule has 1 saturated heterocycles. The summed E-state index contributed by atoms with van der Waals surface area (Å²) in [5.74, 6) is -0.0349. The number of pyridine rings is 1. The molecule has 3 rings (SSSR count). The van der Waals surface area contributed by atoms with Crippen molar-refractivity contribution in [3.05, 3.63) is 59.4 Å². The van der Waals surface area contributed by atoms with Gasteiger partial charge in [0.15, 0.2) is 0 Å². The summed E-state index contributed by atoms with van der Waals surface area (Å²) in [6.07, 6.45) is 3.91. The average Bonchev–Trinajstić information content (AvgIpc) is 2.82. The van der Waals surface area contributed by atoms with Crippen LogP contribution in [-0.2, 0) is 11.3 Å². The van der Waals surface area contributed by atoms with Gasteiger partial charge in [-0.15, -0.1) is 0 Å². The first-order valence-corrected chi connectivity index (χ1v) is 8.86. The largest absolute Gasteiger partial charge is 0.381 e. The molecule has 1 aliphatic heterocycles. The smallest absolute Gasteiger partial charge is 0.254 e. The molecule has 2 heterocycles. The molecule has 0 bridgehead atoms. The molecule has 0 spiro atoms. The minimum absolute atomic E-state index is 0.00393. The summed E-state index contributed by atoms with van der Waals surface area (Å²) in [6, 6.07) is 9.59. The Morgan fingerprint density at radius 1 is 1.35 bits per heavy atom. The van der Waals surface area contributed by atoms with Crippen LogP contribution in [0.25, 0.3) is 0 Å². The van der Waals surface area contributed by atoms with Gasteiger partial charge in [-0.05, 0) is 43.2 Å². The molecular formula is C20H24N4O2.